The lowest BCUT2D eigenvalue weighted by molar-refractivity contribution is 0.0692. The molecular weight excluding hydrogens is 210 g/mol. The molecule has 1 rings (SSSR count). The normalized spacial score (nSPS) is 10.2. The van der Waals surface area contributed by atoms with Crippen LogP contribution in [0.5, 0.6) is 0 Å². The van der Waals surface area contributed by atoms with Gasteiger partial charge in [-0.3, -0.25) is 4.98 Å². The van der Waals surface area contributed by atoms with E-state index in [1.807, 2.05) is 0 Å². The molecule has 0 radical (unpaired) electrons. The van der Waals surface area contributed by atoms with Crippen LogP contribution in [-0.4, -0.2) is 21.8 Å². The Morgan fingerprint density at radius 2 is 2.33 bits per heavy atom. The molecular formula is C11H15NO2S. The lowest BCUT2D eigenvalue weighted by Gasteiger charge is -2.04. The lowest BCUT2D eigenvalue weighted by atomic mass is 10.3. The highest BCUT2D eigenvalue weighted by molar-refractivity contribution is 7.99. The van der Waals surface area contributed by atoms with Crippen molar-refractivity contribution in [2.75, 3.05) is 5.75 Å². The van der Waals surface area contributed by atoms with Gasteiger partial charge in [-0.15, -0.1) is 11.8 Å². The zero-order valence-corrected chi connectivity index (χ0v) is 9.59. The van der Waals surface area contributed by atoms with E-state index in [0.717, 1.165) is 17.1 Å². The van der Waals surface area contributed by atoms with Gasteiger partial charge in [-0.1, -0.05) is 19.8 Å². The number of unbranched alkanes of at least 4 members (excludes halogenated alkanes) is 2. The molecule has 82 valence electrons. The molecule has 1 heterocycles. The number of carbonyl (C=O) groups is 1. The minimum atomic E-state index is -0.902. The van der Waals surface area contributed by atoms with E-state index in [1.165, 1.54) is 19.0 Å². The first kappa shape index (κ1) is 12.0. The average Bonchev–Trinajstić information content (AvgIpc) is 2.25. The van der Waals surface area contributed by atoms with Crippen molar-refractivity contribution in [3.05, 3.63) is 24.0 Å². The molecule has 0 atom stereocenters. The van der Waals surface area contributed by atoms with Gasteiger partial charge in [-0.05, 0) is 18.2 Å². The standard InChI is InChI=1S/C11H15NO2S/c1-2-3-4-7-15-10-5-6-12-8-9(10)11(13)14/h5-6,8H,2-4,7H2,1H3,(H,13,14). The molecule has 0 saturated carbocycles. The first-order valence-corrected chi connectivity index (χ1v) is 6.04. The summed E-state index contributed by atoms with van der Waals surface area (Å²) in [5.41, 5.74) is 0.305. The number of hydrogen-bond acceptors (Lipinski definition) is 3. The second-order valence-electron chi connectivity index (χ2n) is 3.23. The SMILES string of the molecule is CCCCCSc1ccncc1C(=O)O. The molecule has 0 aromatic carbocycles. The minimum absolute atomic E-state index is 0.305. The summed E-state index contributed by atoms with van der Waals surface area (Å²) in [6, 6.07) is 1.76. The van der Waals surface area contributed by atoms with E-state index in [-0.39, 0.29) is 0 Å². The topological polar surface area (TPSA) is 50.2 Å². The predicted molar refractivity (Wildman–Crippen MR) is 61.4 cm³/mol. The number of carboxylic acids is 1. The lowest BCUT2D eigenvalue weighted by Crippen LogP contribution is -1.99. The third-order valence-electron chi connectivity index (χ3n) is 2.02. The van der Waals surface area contributed by atoms with E-state index < -0.39 is 5.97 Å². The molecule has 1 aromatic heterocycles. The van der Waals surface area contributed by atoms with E-state index in [2.05, 4.69) is 11.9 Å². The fraction of sp³-hybridized carbons (Fsp3) is 0.455. The number of carboxylic acid groups (broad SMARTS) is 1. The maximum absolute atomic E-state index is 10.9. The molecule has 0 bridgehead atoms. The molecule has 3 nitrogen and oxygen atoms in total. The summed E-state index contributed by atoms with van der Waals surface area (Å²) >= 11 is 1.59. The summed E-state index contributed by atoms with van der Waals surface area (Å²) in [6.07, 6.45) is 6.55. The van der Waals surface area contributed by atoms with Crippen LogP contribution >= 0.6 is 11.8 Å². The number of pyridine rings is 1. The number of nitrogens with zero attached hydrogens (tertiary/aromatic N) is 1. The van der Waals surface area contributed by atoms with Crippen molar-refractivity contribution in [1.82, 2.24) is 4.98 Å². The van der Waals surface area contributed by atoms with E-state index in [4.69, 9.17) is 5.11 Å². The molecule has 1 aromatic rings. The molecule has 0 aliphatic rings. The van der Waals surface area contributed by atoms with E-state index >= 15 is 0 Å². The Hall–Kier alpha value is -1.03. The van der Waals surface area contributed by atoms with Crippen LogP contribution in [0.3, 0.4) is 0 Å². The minimum Gasteiger partial charge on any atom is -0.478 e. The molecule has 0 saturated heterocycles. The van der Waals surface area contributed by atoms with Crippen molar-refractivity contribution in [3.8, 4) is 0 Å². The fourth-order valence-electron chi connectivity index (χ4n) is 1.20. The van der Waals surface area contributed by atoms with E-state index in [0.29, 0.717) is 5.56 Å². The third kappa shape index (κ3) is 3.91. The molecule has 15 heavy (non-hydrogen) atoms. The van der Waals surface area contributed by atoms with Gasteiger partial charge in [0.05, 0.1) is 5.56 Å². The Balaban J connectivity index is 2.56. The molecule has 0 fully saturated rings. The predicted octanol–water partition coefficient (Wildman–Crippen LogP) is 3.06. The van der Waals surface area contributed by atoms with Gasteiger partial charge in [0.2, 0.25) is 0 Å². The van der Waals surface area contributed by atoms with Crippen molar-refractivity contribution < 1.29 is 9.90 Å². The van der Waals surface area contributed by atoms with Gasteiger partial charge in [0.15, 0.2) is 0 Å². The molecule has 0 aliphatic carbocycles. The average molecular weight is 225 g/mol. The van der Waals surface area contributed by atoms with E-state index in [1.54, 1.807) is 24.0 Å². The number of aromatic carboxylic acids is 1. The van der Waals surface area contributed by atoms with Crippen molar-refractivity contribution in [2.24, 2.45) is 0 Å². The van der Waals surface area contributed by atoms with Gasteiger partial charge in [0.1, 0.15) is 0 Å². The van der Waals surface area contributed by atoms with Gasteiger partial charge in [0.25, 0.3) is 0 Å². The maximum Gasteiger partial charge on any atom is 0.338 e. The summed E-state index contributed by atoms with van der Waals surface area (Å²) in [5.74, 6) is 0.0686. The largest absolute Gasteiger partial charge is 0.478 e. The number of hydrogen-bond donors (Lipinski definition) is 1. The number of aromatic nitrogens is 1. The summed E-state index contributed by atoms with van der Waals surface area (Å²) < 4.78 is 0. The molecule has 0 unspecified atom stereocenters. The Bertz CT molecular complexity index is 328. The Labute approximate surface area is 93.9 Å². The number of rotatable bonds is 6. The van der Waals surface area contributed by atoms with Crippen molar-refractivity contribution in [1.29, 1.82) is 0 Å². The highest BCUT2D eigenvalue weighted by Crippen LogP contribution is 2.22. The summed E-state index contributed by atoms with van der Waals surface area (Å²) in [5, 5.41) is 8.92. The van der Waals surface area contributed by atoms with Crippen LogP contribution in [0.15, 0.2) is 23.4 Å². The van der Waals surface area contributed by atoms with Crippen LogP contribution in [0.4, 0.5) is 0 Å². The smallest absolute Gasteiger partial charge is 0.338 e. The first-order chi connectivity index (χ1) is 7.25. The molecule has 4 heteroatoms. The summed E-state index contributed by atoms with van der Waals surface area (Å²) in [6.45, 7) is 2.15. The van der Waals surface area contributed by atoms with Crippen LogP contribution < -0.4 is 0 Å². The summed E-state index contributed by atoms with van der Waals surface area (Å²) in [7, 11) is 0. The monoisotopic (exact) mass is 225 g/mol. The van der Waals surface area contributed by atoms with Crippen LogP contribution in [-0.2, 0) is 0 Å². The molecule has 0 amide bonds. The van der Waals surface area contributed by atoms with Crippen LogP contribution in [0.25, 0.3) is 0 Å². The summed E-state index contributed by atoms with van der Waals surface area (Å²) in [4.78, 5) is 15.5. The van der Waals surface area contributed by atoms with Crippen LogP contribution in [0, 0.1) is 0 Å². The zero-order chi connectivity index (χ0) is 11.1. The third-order valence-corrected chi connectivity index (χ3v) is 3.18. The van der Waals surface area contributed by atoms with Crippen molar-refractivity contribution in [3.63, 3.8) is 0 Å². The second kappa shape index (κ2) is 6.45. The van der Waals surface area contributed by atoms with Gasteiger partial charge < -0.3 is 5.11 Å². The Morgan fingerprint density at radius 3 is 3.00 bits per heavy atom. The van der Waals surface area contributed by atoms with E-state index in [9.17, 15) is 4.79 Å². The molecule has 0 aliphatic heterocycles. The quantitative estimate of drug-likeness (QED) is 0.597. The van der Waals surface area contributed by atoms with Crippen molar-refractivity contribution >= 4 is 17.7 Å². The second-order valence-corrected chi connectivity index (χ2v) is 4.37. The zero-order valence-electron chi connectivity index (χ0n) is 8.77. The molecule has 0 spiro atoms. The fourth-order valence-corrected chi connectivity index (χ4v) is 2.22. The van der Waals surface area contributed by atoms with Crippen LogP contribution in [0.1, 0.15) is 36.5 Å². The molecule has 1 N–H and O–H groups in total. The highest BCUT2D eigenvalue weighted by Gasteiger charge is 2.09. The van der Waals surface area contributed by atoms with Gasteiger partial charge in [-0.2, -0.15) is 0 Å². The first-order valence-electron chi connectivity index (χ1n) is 5.05. The number of thioether (sulfide) groups is 1. The highest BCUT2D eigenvalue weighted by atomic mass is 32.2. The Kier molecular flexibility index (Phi) is 5.18. The Morgan fingerprint density at radius 1 is 1.53 bits per heavy atom. The maximum atomic E-state index is 10.9. The van der Waals surface area contributed by atoms with Gasteiger partial charge >= 0.3 is 5.97 Å². The van der Waals surface area contributed by atoms with Gasteiger partial charge in [-0.25, -0.2) is 4.79 Å². The van der Waals surface area contributed by atoms with Crippen molar-refractivity contribution in [2.45, 2.75) is 31.1 Å². The van der Waals surface area contributed by atoms with Crippen LogP contribution in [0.2, 0.25) is 0 Å². The van der Waals surface area contributed by atoms with Gasteiger partial charge in [0, 0.05) is 17.3 Å².